The predicted molar refractivity (Wildman–Crippen MR) is 84.4 cm³/mol. The first kappa shape index (κ1) is 15.6. The summed E-state index contributed by atoms with van der Waals surface area (Å²) < 4.78 is 0. The molecule has 22 heavy (non-hydrogen) atoms. The molecule has 5 N–H and O–H groups in total. The van der Waals surface area contributed by atoms with Crippen LogP contribution in [0.15, 0.2) is 36.0 Å². The Bertz CT molecular complexity index is 601. The van der Waals surface area contributed by atoms with Gasteiger partial charge < -0.3 is 26.7 Å². The van der Waals surface area contributed by atoms with Crippen molar-refractivity contribution >= 4 is 23.7 Å². The van der Waals surface area contributed by atoms with Crippen molar-refractivity contribution in [1.29, 1.82) is 5.41 Å². The summed E-state index contributed by atoms with van der Waals surface area (Å²) in [5.41, 5.74) is 12.4. The molecule has 0 aliphatic carbocycles. The summed E-state index contributed by atoms with van der Waals surface area (Å²) in [5, 5.41) is 6.93. The molecule has 7 heteroatoms. The van der Waals surface area contributed by atoms with Crippen LogP contribution in [0.4, 0.5) is 5.69 Å². The van der Waals surface area contributed by atoms with Gasteiger partial charge >= 0.3 is 0 Å². The highest BCUT2D eigenvalue weighted by molar-refractivity contribution is 5.97. The van der Waals surface area contributed by atoms with Crippen LogP contribution < -0.4 is 11.5 Å². The molecule has 1 aromatic rings. The minimum Gasteiger partial charge on any atom is -0.399 e. The Kier molecular flexibility index (Phi) is 4.77. The third-order valence-corrected chi connectivity index (χ3v) is 3.52. The van der Waals surface area contributed by atoms with E-state index >= 15 is 0 Å². The minimum absolute atomic E-state index is 0.0355. The van der Waals surface area contributed by atoms with Gasteiger partial charge in [0.05, 0.1) is 5.70 Å². The summed E-state index contributed by atoms with van der Waals surface area (Å²) in [6, 6.07) is 6.77. The number of nitrogen functional groups attached to an aromatic ring is 1. The van der Waals surface area contributed by atoms with Crippen molar-refractivity contribution in [2.24, 2.45) is 5.73 Å². The molecule has 0 spiro atoms. The standard InChI is InChI=1S/C15H19N5O2/c16-6-5-13(18)15(22)20-9-7-19(8-10-20)14(21)11-1-3-12(17)4-2-11/h1-6,16H,7-10,17-18H2. The van der Waals surface area contributed by atoms with E-state index in [4.69, 9.17) is 16.9 Å². The van der Waals surface area contributed by atoms with E-state index in [1.165, 1.54) is 6.08 Å². The Morgan fingerprint density at radius 3 is 2.14 bits per heavy atom. The second-order valence-corrected chi connectivity index (χ2v) is 5.00. The predicted octanol–water partition coefficient (Wildman–Crippen LogP) is 0.0454. The van der Waals surface area contributed by atoms with E-state index in [1.54, 1.807) is 34.1 Å². The molecule has 1 aliphatic rings. The van der Waals surface area contributed by atoms with E-state index < -0.39 is 0 Å². The molecule has 2 rings (SSSR count). The minimum atomic E-state index is -0.303. The van der Waals surface area contributed by atoms with E-state index in [0.717, 1.165) is 6.21 Å². The van der Waals surface area contributed by atoms with Gasteiger partial charge in [-0.05, 0) is 30.3 Å². The quantitative estimate of drug-likeness (QED) is 0.415. The third kappa shape index (κ3) is 3.43. The SMILES string of the molecule is N=CC=C(N)C(=O)N1CCN(C(=O)c2ccc(N)cc2)CC1. The molecule has 0 unspecified atom stereocenters. The number of hydrogen-bond donors (Lipinski definition) is 3. The molecule has 1 aromatic carbocycles. The zero-order valence-corrected chi connectivity index (χ0v) is 12.2. The third-order valence-electron chi connectivity index (χ3n) is 3.52. The molecule has 0 aromatic heterocycles. The summed E-state index contributed by atoms with van der Waals surface area (Å²) in [6.07, 6.45) is 2.24. The van der Waals surface area contributed by atoms with Crippen molar-refractivity contribution in [3.05, 3.63) is 41.6 Å². The van der Waals surface area contributed by atoms with Gasteiger partial charge in [0.2, 0.25) is 0 Å². The van der Waals surface area contributed by atoms with Gasteiger partial charge in [0.25, 0.3) is 11.8 Å². The van der Waals surface area contributed by atoms with Gasteiger partial charge in [0.15, 0.2) is 0 Å². The van der Waals surface area contributed by atoms with E-state index in [0.29, 0.717) is 37.4 Å². The topological polar surface area (TPSA) is 117 Å². The van der Waals surface area contributed by atoms with Crippen LogP contribution in [0.5, 0.6) is 0 Å². The van der Waals surface area contributed by atoms with E-state index in [9.17, 15) is 9.59 Å². The van der Waals surface area contributed by atoms with Gasteiger partial charge in [-0.1, -0.05) is 0 Å². The number of nitrogens with one attached hydrogen (secondary N) is 1. The largest absolute Gasteiger partial charge is 0.399 e. The summed E-state index contributed by atoms with van der Waals surface area (Å²) >= 11 is 0. The molecule has 0 saturated carbocycles. The number of amides is 2. The normalized spacial score (nSPS) is 15.5. The van der Waals surface area contributed by atoms with Gasteiger partial charge in [-0.2, -0.15) is 0 Å². The van der Waals surface area contributed by atoms with E-state index in [1.807, 2.05) is 0 Å². The van der Waals surface area contributed by atoms with Crippen LogP contribution in [-0.2, 0) is 4.79 Å². The number of nitrogens with two attached hydrogens (primary N) is 2. The number of nitrogens with zero attached hydrogens (tertiary/aromatic N) is 2. The summed E-state index contributed by atoms with van der Waals surface area (Å²) in [5.74, 6) is -0.377. The second-order valence-electron chi connectivity index (χ2n) is 5.00. The number of carbonyl (C=O) groups is 2. The molecule has 1 saturated heterocycles. The van der Waals surface area contributed by atoms with Crippen LogP contribution in [0.2, 0.25) is 0 Å². The van der Waals surface area contributed by atoms with Crippen LogP contribution in [-0.4, -0.2) is 54.0 Å². The van der Waals surface area contributed by atoms with Crippen molar-refractivity contribution in [3.63, 3.8) is 0 Å². The van der Waals surface area contributed by atoms with Crippen LogP contribution in [0.3, 0.4) is 0 Å². The molecule has 116 valence electrons. The highest BCUT2D eigenvalue weighted by Crippen LogP contribution is 2.12. The molecule has 0 bridgehead atoms. The van der Waals surface area contributed by atoms with Crippen molar-refractivity contribution in [1.82, 2.24) is 9.80 Å². The molecule has 1 heterocycles. The Labute approximate surface area is 128 Å². The lowest BCUT2D eigenvalue weighted by Crippen LogP contribution is -2.51. The molecule has 7 nitrogen and oxygen atoms in total. The van der Waals surface area contributed by atoms with Crippen LogP contribution in [0.25, 0.3) is 0 Å². The Morgan fingerprint density at radius 1 is 1.05 bits per heavy atom. The highest BCUT2D eigenvalue weighted by Gasteiger charge is 2.25. The molecular weight excluding hydrogens is 282 g/mol. The summed E-state index contributed by atoms with van der Waals surface area (Å²) in [6.45, 7) is 1.75. The number of hydrogen-bond acceptors (Lipinski definition) is 5. The Hall–Kier alpha value is -2.83. The monoisotopic (exact) mass is 301 g/mol. The fourth-order valence-corrected chi connectivity index (χ4v) is 2.26. The van der Waals surface area contributed by atoms with Gasteiger partial charge in [0.1, 0.15) is 0 Å². The number of anilines is 1. The average molecular weight is 301 g/mol. The lowest BCUT2D eigenvalue weighted by Gasteiger charge is -2.34. The first-order chi connectivity index (χ1) is 10.5. The van der Waals surface area contributed by atoms with Crippen molar-refractivity contribution in [3.8, 4) is 0 Å². The van der Waals surface area contributed by atoms with Gasteiger partial charge in [0, 0.05) is 43.6 Å². The fourth-order valence-electron chi connectivity index (χ4n) is 2.26. The lowest BCUT2D eigenvalue weighted by atomic mass is 10.1. The zero-order chi connectivity index (χ0) is 16.1. The fraction of sp³-hybridized carbons (Fsp3) is 0.267. The van der Waals surface area contributed by atoms with Gasteiger partial charge in [-0.15, -0.1) is 0 Å². The number of benzene rings is 1. The highest BCUT2D eigenvalue weighted by atomic mass is 16.2. The molecule has 0 radical (unpaired) electrons. The van der Waals surface area contributed by atoms with Crippen molar-refractivity contribution in [2.75, 3.05) is 31.9 Å². The first-order valence-corrected chi connectivity index (χ1v) is 6.93. The summed E-state index contributed by atoms with van der Waals surface area (Å²) in [4.78, 5) is 27.6. The van der Waals surface area contributed by atoms with Crippen molar-refractivity contribution in [2.45, 2.75) is 0 Å². The van der Waals surface area contributed by atoms with Crippen LogP contribution >= 0.6 is 0 Å². The maximum Gasteiger partial charge on any atom is 0.269 e. The smallest absolute Gasteiger partial charge is 0.269 e. The number of allylic oxidation sites excluding steroid dienone is 1. The number of carbonyl (C=O) groups excluding carboxylic acids is 2. The molecule has 0 atom stereocenters. The lowest BCUT2D eigenvalue weighted by molar-refractivity contribution is -0.128. The molecule has 2 amide bonds. The first-order valence-electron chi connectivity index (χ1n) is 6.93. The zero-order valence-electron chi connectivity index (χ0n) is 12.2. The maximum absolute atomic E-state index is 12.3. The number of rotatable bonds is 3. The molecular formula is C15H19N5O2. The van der Waals surface area contributed by atoms with Crippen LogP contribution in [0, 0.1) is 5.41 Å². The van der Waals surface area contributed by atoms with E-state index in [2.05, 4.69) is 0 Å². The molecule has 1 aliphatic heterocycles. The van der Waals surface area contributed by atoms with Gasteiger partial charge in [-0.25, -0.2) is 0 Å². The summed E-state index contributed by atoms with van der Waals surface area (Å²) in [7, 11) is 0. The Balaban J connectivity index is 1.96. The van der Waals surface area contributed by atoms with Crippen molar-refractivity contribution < 1.29 is 9.59 Å². The van der Waals surface area contributed by atoms with Crippen LogP contribution in [0.1, 0.15) is 10.4 Å². The van der Waals surface area contributed by atoms with Gasteiger partial charge in [-0.3, -0.25) is 9.59 Å². The maximum atomic E-state index is 12.3. The number of piperazine rings is 1. The second kappa shape index (κ2) is 6.75. The van der Waals surface area contributed by atoms with E-state index in [-0.39, 0.29) is 17.5 Å². The molecule has 1 fully saturated rings. The Morgan fingerprint density at radius 2 is 1.59 bits per heavy atom. The average Bonchev–Trinajstić information content (AvgIpc) is 2.54.